The Morgan fingerprint density at radius 1 is 1.47 bits per heavy atom. The number of anilines is 1. The molecule has 0 saturated carbocycles. The third-order valence-corrected chi connectivity index (χ3v) is 2.63. The summed E-state index contributed by atoms with van der Waals surface area (Å²) >= 11 is 3.31. The predicted molar refractivity (Wildman–Crippen MR) is 69.6 cm³/mol. The molecule has 6 heteroatoms. The lowest BCUT2D eigenvalue weighted by atomic mass is 10.2. The van der Waals surface area contributed by atoms with Crippen molar-refractivity contribution in [2.24, 2.45) is 5.73 Å². The quantitative estimate of drug-likeness (QED) is 0.792. The SMILES string of the molecule is CCC(NC(N)=O)C(=O)Nc1cccc(Br)c1. The van der Waals surface area contributed by atoms with Crippen LogP contribution in [0, 0.1) is 0 Å². The zero-order valence-electron chi connectivity index (χ0n) is 9.37. The van der Waals surface area contributed by atoms with E-state index in [4.69, 9.17) is 5.73 Å². The molecule has 1 aromatic carbocycles. The first-order valence-corrected chi connectivity index (χ1v) is 5.94. The second-order valence-electron chi connectivity index (χ2n) is 3.47. The number of halogens is 1. The molecule has 1 rings (SSSR count). The number of carbonyl (C=O) groups excluding carboxylic acids is 2. The van der Waals surface area contributed by atoms with Crippen LogP contribution in [0.25, 0.3) is 0 Å². The molecular formula is C11H14BrN3O2. The van der Waals surface area contributed by atoms with Crippen LogP contribution in [-0.4, -0.2) is 18.0 Å². The number of urea groups is 1. The smallest absolute Gasteiger partial charge is 0.312 e. The van der Waals surface area contributed by atoms with Gasteiger partial charge in [-0.3, -0.25) is 4.79 Å². The van der Waals surface area contributed by atoms with Crippen LogP contribution in [0.3, 0.4) is 0 Å². The molecule has 0 heterocycles. The number of carbonyl (C=O) groups is 2. The van der Waals surface area contributed by atoms with E-state index in [1.807, 2.05) is 12.1 Å². The van der Waals surface area contributed by atoms with Crippen molar-refractivity contribution in [3.63, 3.8) is 0 Å². The van der Waals surface area contributed by atoms with Crippen molar-refractivity contribution in [1.82, 2.24) is 5.32 Å². The summed E-state index contributed by atoms with van der Waals surface area (Å²) in [6, 6.07) is 5.87. The summed E-state index contributed by atoms with van der Waals surface area (Å²) in [6.45, 7) is 1.79. The first-order chi connectivity index (χ1) is 8.02. The highest BCUT2D eigenvalue weighted by Crippen LogP contribution is 2.15. The molecule has 0 saturated heterocycles. The largest absolute Gasteiger partial charge is 0.352 e. The number of benzene rings is 1. The average molecular weight is 300 g/mol. The maximum atomic E-state index is 11.8. The van der Waals surface area contributed by atoms with Gasteiger partial charge in [-0.25, -0.2) is 4.79 Å². The molecule has 1 atom stereocenters. The first kappa shape index (κ1) is 13.5. The number of primary amides is 1. The lowest BCUT2D eigenvalue weighted by molar-refractivity contribution is -0.118. The maximum absolute atomic E-state index is 11.8. The second-order valence-corrected chi connectivity index (χ2v) is 4.38. The summed E-state index contributed by atoms with van der Waals surface area (Å²) in [4.78, 5) is 22.5. The lowest BCUT2D eigenvalue weighted by Gasteiger charge is -2.15. The van der Waals surface area contributed by atoms with Crippen LogP contribution in [0.15, 0.2) is 28.7 Å². The molecule has 0 fully saturated rings. The van der Waals surface area contributed by atoms with Gasteiger partial charge in [-0.15, -0.1) is 0 Å². The summed E-state index contributed by atoms with van der Waals surface area (Å²) in [5, 5.41) is 5.08. The Balaban J connectivity index is 2.67. The molecule has 1 aromatic rings. The van der Waals surface area contributed by atoms with E-state index in [0.717, 1.165) is 4.47 Å². The third kappa shape index (κ3) is 4.44. The minimum absolute atomic E-state index is 0.288. The molecule has 0 aromatic heterocycles. The number of nitrogens with two attached hydrogens (primary N) is 1. The second kappa shape index (κ2) is 6.24. The molecule has 17 heavy (non-hydrogen) atoms. The van der Waals surface area contributed by atoms with Crippen LogP contribution in [0.1, 0.15) is 13.3 Å². The van der Waals surface area contributed by atoms with Crippen molar-refractivity contribution in [2.75, 3.05) is 5.32 Å². The Morgan fingerprint density at radius 2 is 2.18 bits per heavy atom. The third-order valence-electron chi connectivity index (χ3n) is 2.13. The Morgan fingerprint density at radius 3 is 2.71 bits per heavy atom. The Bertz CT molecular complexity index is 423. The number of hydrogen-bond donors (Lipinski definition) is 3. The molecule has 0 spiro atoms. The molecule has 0 radical (unpaired) electrons. The molecule has 1 unspecified atom stereocenters. The zero-order valence-corrected chi connectivity index (χ0v) is 11.0. The van der Waals surface area contributed by atoms with Gasteiger partial charge in [-0.1, -0.05) is 28.9 Å². The number of hydrogen-bond acceptors (Lipinski definition) is 2. The molecule has 0 aliphatic rings. The van der Waals surface area contributed by atoms with E-state index >= 15 is 0 Å². The van der Waals surface area contributed by atoms with E-state index < -0.39 is 12.1 Å². The normalized spacial score (nSPS) is 11.6. The van der Waals surface area contributed by atoms with Gasteiger partial charge in [0, 0.05) is 10.2 Å². The predicted octanol–water partition coefficient (Wildman–Crippen LogP) is 1.83. The lowest BCUT2D eigenvalue weighted by Crippen LogP contribution is -2.45. The molecule has 92 valence electrons. The van der Waals surface area contributed by atoms with Crippen LogP contribution in [0.2, 0.25) is 0 Å². The summed E-state index contributed by atoms with van der Waals surface area (Å²) in [5.74, 6) is -0.288. The molecule has 3 amide bonds. The van der Waals surface area contributed by atoms with Gasteiger partial charge < -0.3 is 16.4 Å². The number of rotatable bonds is 4. The van der Waals surface area contributed by atoms with Crippen LogP contribution in [0.5, 0.6) is 0 Å². The highest BCUT2D eigenvalue weighted by Gasteiger charge is 2.17. The van der Waals surface area contributed by atoms with Crippen LogP contribution in [-0.2, 0) is 4.79 Å². The summed E-state index contributed by atoms with van der Waals surface area (Å²) in [5.41, 5.74) is 5.65. The molecule has 5 nitrogen and oxygen atoms in total. The summed E-state index contributed by atoms with van der Waals surface area (Å²) in [6.07, 6.45) is 0.475. The average Bonchev–Trinajstić information content (AvgIpc) is 2.25. The molecular weight excluding hydrogens is 286 g/mol. The van der Waals surface area contributed by atoms with Crippen molar-refractivity contribution in [3.05, 3.63) is 28.7 Å². The highest BCUT2D eigenvalue weighted by atomic mass is 79.9. The highest BCUT2D eigenvalue weighted by molar-refractivity contribution is 9.10. The van der Waals surface area contributed by atoms with E-state index in [1.165, 1.54) is 0 Å². The van der Waals surface area contributed by atoms with Gasteiger partial charge in [0.15, 0.2) is 0 Å². The standard InChI is InChI=1S/C11H14BrN3O2/c1-2-9(15-11(13)17)10(16)14-8-5-3-4-7(12)6-8/h3-6,9H,2H2,1H3,(H,14,16)(H3,13,15,17). The van der Waals surface area contributed by atoms with Gasteiger partial charge in [-0.05, 0) is 24.6 Å². The first-order valence-electron chi connectivity index (χ1n) is 5.15. The fraction of sp³-hybridized carbons (Fsp3) is 0.273. The van der Waals surface area contributed by atoms with Crippen molar-refractivity contribution in [2.45, 2.75) is 19.4 Å². The maximum Gasteiger partial charge on any atom is 0.312 e. The topological polar surface area (TPSA) is 84.2 Å². The number of nitrogens with one attached hydrogen (secondary N) is 2. The number of amides is 3. The van der Waals surface area contributed by atoms with Crippen molar-refractivity contribution >= 4 is 33.6 Å². The van der Waals surface area contributed by atoms with Crippen LogP contribution in [0.4, 0.5) is 10.5 Å². The summed E-state index contributed by atoms with van der Waals surface area (Å²) < 4.78 is 0.867. The molecule has 4 N–H and O–H groups in total. The minimum Gasteiger partial charge on any atom is -0.352 e. The van der Waals surface area contributed by atoms with Gasteiger partial charge in [0.05, 0.1) is 0 Å². The van der Waals surface area contributed by atoms with E-state index in [-0.39, 0.29) is 5.91 Å². The van der Waals surface area contributed by atoms with Gasteiger partial charge in [0.2, 0.25) is 5.91 Å². The molecule has 0 aliphatic carbocycles. The van der Waals surface area contributed by atoms with Crippen molar-refractivity contribution in [1.29, 1.82) is 0 Å². The Hall–Kier alpha value is -1.56. The van der Waals surface area contributed by atoms with Crippen LogP contribution >= 0.6 is 15.9 Å². The fourth-order valence-corrected chi connectivity index (χ4v) is 1.72. The fourth-order valence-electron chi connectivity index (χ4n) is 1.32. The van der Waals surface area contributed by atoms with Crippen LogP contribution < -0.4 is 16.4 Å². The van der Waals surface area contributed by atoms with Crippen molar-refractivity contribution < 1.29 is 9.59 Å². The monoisotopic (exact) mass is 299 g/mol. The van der Waals surface area contributed by atoms with Crippen molar-refractivity contribution in [3.8, 4) is 0 Å². The van der Waals surface area contributed by atoms with Gasteiger partial charge in [0.1, 0.15) is 6.04 Å². The minimum atomic E-state index is -0.707. The van der Waals surface area contributed by atoms with E-state index in [1.54, 1.807) is 19.1 Å². The molecule has 0 aliphatic heterocycles. The van der Waals surface area contributed by atoms with Gasteiger partial charge in [-0.2, -0.15) is 0 Å². The Labute approximate surface area is 108 Å². The summed E-state index contributed by atoms with van der Waals surface area (Å²) in [7, 11) is 0. The van der Waals surface area contributed by atoms with E-state index in [9.17, 15) is 9.59 Å². The molecule has 0 bridgehead atoms. The van der Waals surface area contributed by atoms with E-state index in [0.29, 0.717) is 12.1 Å². The van der Waals surface area contributed by atoms with E-state index in [2.05, 4.69) is 26.6 Å². The zero-order chi connectivity index (χ0) is 12.8. The Kier molecular flexibility index (Phi) is 4.96. The van der Waals surface area contributed by atoms with Gasteiger partial charge in [0.25, 0.3) is 0 Å². The van der Waals surface area contributed by atoms with Gasteiger partial charge >= 0.3 is 6.03 Å².